The number of halogens is 1. The predicted molar refractivity (Wildman–Crippen MR) is 82.6 cm³/mol. The molecule has 110 valence electrons. The molecule has 0 radical (unpaired) electrons. The molecule has 2 aromatic rings. The first-order valence-electron chi connectivity index (χ1n) is 6.90. The van der Waals surface area contributed by atoms with Crippen molar-refractivity contribution in [2.45, 2.75) is 19.9 Å². The molecular formula is C17H19FN2O. The topological polar surface area (TPSA) is 41.1 Å². The molecule has 0 bridgehead atoms. The van der Waals surface area contributed by atoms with Gasteiger partial charge in [-0.3, -0.25) is 4.79 Å². The molecule has 2 N–H and O–H groups in total. The number of amides is 1. The summed E-state index contributed by atoms with van der Waals surface area (Å²) in [5.41, 5.74) is 2.23. The number of aryl methyl sites for hydroxylation is 1. The van der Waals surface area contributed by atoms with Gasteiger partial charge in [0.1, 0.15) is 5.82 Å². The van der Waals surface area contributed by atoms with Crippen LogP contribution in [-0.4, -0.2) is 12.5 Å². The number of nitrogens with one attached hydrogen (secondary N) is 2. The Kier molecular flexibility index (Phi) is 4.93. The fraction of sp³-hybridized carbons (Fsp3) is 0.235. The molecule has 21 heavy (non-hydrogen) atoms. The van der Waals surface area contributed by atoms with E-state index in [0.29, 0.717) is 11.3 Å². The van der Waals surface area contributed by atoms with Gasteiger partial charge in [-0.05, 0) is 37.1 Å². The minimum absolute atomic E-state index is 0.0600. The molecular weight excluding hydrogens is 267 g/mol. The first kappa shape index (κ1) is 15.0. The predicted octanol–water partition coefficient (Wildman–Crippen LogP) is 3.42. The third-order valence-electron chi connectivity index (χ3n) is 3.30. The highest BCUT2D eigenvalue weighted by atomic mass is 19.1. The number of hydrogen-bond acceptors (Lipinski definition) is 2. The number of benzene rings is 2. The summed E-state index contributed by atoms with van der Waals surface area (Å²) in [5, 5.41) is 5.81. The van der Waals surface area contributed by atoms with E-state index in [0.717, 1.165) is 5.56 Å². The number of carbonyl (C=O) groups is 1. The van der Waals surface area contributed by atoms with Crippen LogP contribution in [-0.2, 0) is 4.79 Å². The molecule has 0 saturated carbocycles. The monoisotopic (exact) mass is 286 g/mol. The third-order valence-corrected chi connectivity index (χ3v) is 3.30. The van der Waals surface area contributed by atoms with E-state index in [4.69, 9.17) is 0 Å². The second-order valence-corrected chi connectivity index (χ2v) is 5.02. The summed E-state index contributed by atoms with van der Waals surface area (Å²) in [6, 6.07) is 14.5. The maximum atomic E-state index is 13.4. The van der Waals surface area contributed by atoms with Gasteiger partial charge in [0.25, 0.3) is 0 Å². The van der Waals surface area contributed by atoms with E-state index in [9.17, 15) is 9.18 Å². The zero-order valence-electron chi connectivity index (χ0n) is 12.2. The van der Waals surface area contributed by atoms with E-state index in [1.807, 2.05) is 37.3 Å². The number of hydrogen-bond donors (Lipinski definition) is 2. The molecule has 0 fully saturated rings. The van der Waals surface area contributed by atoms with Gasteiger partial charge in [0.2, 0.25) is 5.91 Å². The third kappa shape index (κ3) is 4.31. The van der Waals surface area contributed by atoms with Gasteiger partial charge in [0, 0.05) is 5.69 Å². The van der Waals surface area contributed by atoms with Crippen molar-refractivity contribution in [3.63, 3.8) is 0 Å². The average Bonchev–Trinajstić information content (AvgIpc) is 2.49. The summed E-state index contributed by atoms with van der Waals surface area (Å²) in [7, 11) is 0. The van der Waals surface area contributed by atoms with Gasteiger partial charge in [-0.15, -0.1) is 0 Å². The molecule has 0 aliphatic rings. The van der Waals surface area contributed by atoms with Crippen LogP contribution in [0.1, 0.15) is 24.1 Å². The van der Waals surface area contributed by atoms with Crippen molar-refractivity contribution >= 4 is 11.6 Å². The van der Waals surface area contributed by atoms with E-state index in [-0.39, 0.29) is 24.3 Å². The van der Waals surface area contributed by atoms with Crippen LogP contribution in [0.15, 0.2) is 48.5 Å². The van der Waals surface area contributed by atoms with Crippen molar-refractivity contribution < 1.29 is 9.18 Å². The molecule has 0 aliphatic carbocycles. The largest absolute Gasteiger partial charge is 0.376 e. The first-order valence-corrected chi connectivity index (χ1v) is 6.90. The Hall–Kier alpha value is -2.36. The van der Waals surface area contributed by atoms with Crippen LogP contribution >= 0.6 is 0 Å². The van der Waals surface area contributed by atoms with Crippen LogP contribution in [0.4, 0.5) is 10.1 Å². The molecule has 3 nitrogen and oxygen atoms in total. The van der Waals surface area contributed by atoms with Gasteiger partial charge in [-0.2, -0.15) is 0 Å². The van der Waals surface area contributed by atoms with Gasteiger partial charge in [-0.1, -0.05) is 36.4 Å². The van der Waals surface area contributed by atoms with Crippen molar-refractivity contribution in [2.24, 2.45) is 0 Å². The van der Waals surface area contributed by atoms with Crippen molar-refractivity contribution in [1.29, 1.82) is 0 Å². The Morgan fingerprint density at radius 2 is 1.90 bits per heavy atom. The quantitative estimate of drug-likeness (QED) is 0.884. The van der Waals surface area contributed by atoms with Crippen LogP contribution in [0, 0.1) is 12.7 Å². The first-order chi connectivity index (χ1) is 10.1. The molecule has 0 aliphatic heterocycles. The molecule has 2 aromatic carbocycles. The lowest BCUT2D eigenvalue weighted by atomic mass is 10.1. The standard InChI is InChI=1S/C17H19FN2O/c1-12-8-9-15(10-16(12)18)19-11-17(21)20-13(2)14-6-4-3-5-7-14/h3-10,13,19H,11H2,1-2H3,(H,20,21)/t13-/m1/s1. The normalized spacial score (nSPS) is 11.8. The molecule has 1 atom stereocenters. The highest BCUT2D eigenvalue weighted by Crippen LogP contribution is 2.14. The fourth-order valence-corrected chi connectivity index (χ4v) is 2.00. The van der Waals surface area contributed by atoms with Crippen LogP contribution in [0.25, 0.3) is 0 Å². The maximum absolute atomic E-state index is 13.4. The van der Waals surface area contributed by atoms with Crippen LogP contribution in [0.5, 0.6) is 0 Å². The Morgan fingerprint density at radius 1 is 1.19 bits per heavy atom. The minimum Gasteiger partial charge on any atom is -0.376 e. The molecule has 0 unspecified atom stereocenters. The fourth-order valence-electron chi connectivity index (χ4n) is 2.00. The Balaban J connectivity index is 1.86. The summed E-state index contributed by atoms with van der Waals surface area (Å²) in [6.07, 6.45) is 0. The van der Waals surface area contributed by atoms with Crippen molar-refractivity contribution in [2.75, 3.05) is 11.9 Å². The van der Waals surface area contributed by atoms with E-state index in [2.05, 4.69) is 10.6 Å². The van der Waals surface area contributed by atoms with Gasteiger partial charge in [-0.25, -0.2) is 4.39 Å². The van der Waals surface area contributed by atoms with Crippen LogP contribution in [0.2, 0.25) is 0 Å². The highest BCUT2D eigenvalue weighted by molar-refractivity contribution is 5.81. The summed E-state index contributed by atoms with van der Waals surface area (Å²) >= 11 is 0. The molecule has 0 saturated heterocycles. The van der Waals surface area contributed by atoms with Crippen LogP contribution in [0.3, 0.4) is 0 Å². The lowest BCUT2D eigenvalue weighted by molar-refractivity contribution is -0.120. The summed E-state index contributed by atoms with van der Waals surface area (Å²) in [6.45, 7) is 3.74. The highest BCUT2D eigenvalue weighted by Gasteiger charge is 2.09. The minimum atomic E-state index is -0.280. The molecule has 1 amide bonds. The van der Waals surface area contributed by atoms with Gasteiger partial charge in [0.15, 0.2) is 0 Å². The maximum Gasteiger partial charge on any atom is 0.239 e. The summed E-state index contributed by atoms with van der Waals surface area (Å²) in [5.74, 6) is -0.412. The molecule has 0 spiro atoms. The van der Waals surface area contributed by atoms with Crippen molar-refractivity contribution in [1.82, 2.24) is 5.32 Å². The van der Waals surface area contributed by atoms with Gasteiger partial charge in [0.05, 0.1) is 12.6 Å². The molecule has 4 heteroatoms. The molecule has 2 rings (SSSR count). The lowest BCUT2D eigenvalue weighted by Crippen LogP contribution is -2.32. The summed E-state index contributed by atoms with van der Waals surface area (Å²) in [4.78, 5) is 11.9. The molecule has 0 aromatic heterocycles. The summed E-state index contributed by atoms with van der Waals surface area (Å²) < 4.78 is 13.4. The second-order valence-electron chi connectivity index (χ2n) is 5.02. The Labute approximate surface area is 124 Å². The van der Waals surface area contributed by atoms with Crippen molar-refractivity contribution in [3.8, 4) is 0 Å². The molecule has 0 heterocycles. The number of carbonyl (C=O) groups excluding carboxylic acids is 1. The van der Waals surface area contributed by atoms with E-state index < -0.39 is 0 Å². The Bertz CT molecular complexity index is 613. The smallest absolute Gasteiger partial charge is 0.239 e. The van der Waals surface area contributed by atoms with Crippen molar-refractivity contribution in [3.05, 3.63) is 65.5 Å². The zero-order chi connectivity index (χ0) is 15.2. The number of rotatable bonds is 5. The number of anilines is 1. The second kappa shape index (κ2) is 6.88. The Morgan fingerprint density at radius 3 is 2.57 bits per heavy atom. The zero-order valence-corrected chi connectivity index (χ0v) is 12.2. The van der Waals surface area contributed by atoms with E-state index in [1.165, 1.54) is 6.07 Å². The SMILES string of the molecule is Cc1ccc(NCC(=O)N[C@H](C)c2ccccc2)cc1F. The van der Waals surface area contributed by atoms with Gasteiger partial charge < -0.3 is 10.6 Å². The lowest BCUT2D eigenvalue weighted by Gasteiger charge is -2.15. The average molecular weight is 286 g/mol. The van der Waals surface area contributed by atoms with Crippen LogP contribution < -0.4 is 10.6 Å². The van der Waals surface area contributed by atoms with E-state index in [1.54, 1.807) is 19.1 Å². The van der Waals surface area contributed by atoms with E-state index >= 15 is 0 Å². The van der Waals surface area contributed by atoms with Gasteiger partial charge >= 0.3 is 0 Å².